The van der Waals surface area contributed by atoms with Crippen molar-refractivity contribution in [3.05, 3.63) is 12.3 Å². The fourth-order valence-electron chi connectivity index (χ4n) is 4.98. The van der Waals surface area contributed by atoms with Crippen molar-refractivity contribution in [3.8, 4) is 0 Å². The molecule has 0 N–H and O–H groups in total. The van der Waals surface area contributed by atoms with Gasteiger partial charge in [0.2, 0.25) is 0 Å². The number of hydrogen-bond donors (Lipinski definition) is 0. The number of hydrogen-bond acceptors (Lipinski definition) is 3. The number of esters is 1. The molecule has 214 valence electrons. The standard InChI is InChI=1S/C33H65NO2/c1-7-10-13-17-20-24-30(4)34(6)31(5)25-21-18-15-16-19-23-28-33(35)36-29-32(26-12-9-3)27-22-14-11-8-2/h31-32H,4,7-29H2,1-3,5-6H3. The lowest BCUT2D eigenvalue weighted by atomic mass is 9.96. The summed E-state index contributed by atoms with van der Waals surface area (Å²) < 4.78 is 5.66. The van der Waals surface area contributed by atoms with Crippen LogP contribution >= 0.6 is 0 Å². The van der Waals surface area contributed by atoms with Crippen molar-refractivity contribution in [3.63, 3.8) is 0 Å². The fourth-order valence-corrected chi connectivity index (χ4v) is 4.98. The van der Waals surface area contributed by atoms with Crippen LogP contribution in [0.2, 0.25) is 0 Å². The molecule has 2 atom stereocenters. The van der Waals surface area contributed by atoms with E-state index in [1.54, 1.807) is 0 Å². The lowest BCUT2D eigenvalue weighted by Crippen LogP contribution is -2.27. The first kappa shape index (κ1) is 35.0. The Morgan fingerprint density at radius 3 is 1.78 bits per heavy atom. The van der Waals surface area contributed by atoms with E-state index in [-0.39, 0.29) is 5.97 Å². The first-order valence-electron chi connectivity index (χ1n) is 16.0. The van der Waals surface area contributed by atoms with Crippen LogP contribution in [0.5, 0.6) is 0 Å². The van der Waals surface area contributed by atoms with Crippen LogP contribution in [0.3, 0.4) is 0 Å². The Bertz CT molecular complexity index is 504. The summed E-state index contributed by atoms with van der Waals surface area (Å²) in [5.74, 6) is 0.586. The number of ether oxygens (including phenoxy) is 1. The summed E-state index contributed by atoms with van der Waals surface area (Å²) in [6.45, 7) is 14.1. The number of carbonyl (C=O) groups excluding carboxylic acids is 1. The SMILES string of the molecule is C=C(CCCCCCC)N(C)C(C)CCCCCCCCC(=O)OCC(CCCC)CCCCCC. The quantitative estimate of drug-likeness (QED) is 0.0817. The highest BCUT2D eigenvalue weighted by Crippen LogP contribution is 2.20. The van der Waals surface area contributed by atoms with Crippen LogP contribution in [0.1, 0.15) is 169 Å². The topological polar surface area (TPSA) is 29.5 Å². The molecular weight excluding hydrogens is 442 g/mol. The third kappa shape index (κ3) is 21.1. The van der Waals surface area contributed by atoms with E-state index in [0.29, 0.717) is 25.0 Å². The van der Waals surface area contributed by atoms with E-state index >= 15 is 0 Å². The predicted octanol–water partition coefficient (Wildman–Crippen LogP) is 10.6. The molecule has 0 fully saturated rings. The molecule has 0 heterocycles. The third-order valence-corrected chi connectivity index (χ3v) is 7.89. The average molecular weight is 508 g/mol. The molecule has 0 aliphatic heterocycles. The van der Waals surface area contributed by atoms with E-state index in [2.05, 4.69) is 46.2 Å². The summed E-state index contributed by atoms with van der Waals surface area (Å²) in [7, 11) is 2.22. The fraction of sp³-hybridized carbons (Fsp3) is 0.909. The van der Waals surface area contributed by atoms with Crippen LogP contribution in [-0.2, 0) is 9.53 Å². The van der Waals surface area contributed by atoms with Gasteiger partial charge in [-0.2, -0.15) is 0 Å². The van der Waals surface area contributed by atoms with Gasteiger partial charge in [-0.15, -0.1) is 0 Å². The first-order valence-corrected chi connectivity index (χ1v) is 16.0. The molecule has 36 heavy (non-hydrogen) atoms. The first-order chi connectivity index (χ1) is 17.5. The van der Waals surface area contributed by atoms with Gasteiger partial charge in [-0.05, 0) is 51.4 Å². The van der Waals surface area contributed by atoms with Crippen LogP contribution in [0, 0.1) is 5.92 Å². The maximum absolute atomic E-state index is 12.2. The molecule has 0 radical (unpaired) electrons. The second-order valence-corrected chi connectivity index (χ2v) is 11.4. The molecule has 0 aliphatic rings. The molecule has 0 bridgehead atoms. The van der Waals surface area contributed by atoms with Crippen LogP contribution < -0.4 is 0 Å². The minimum atomic E-state index is 0.0208. The molecular formula is C33H65NO2. The zero-order valence-corrected chi connectivity index (χ0v) is 25.4. The number of nitrogens with zero attached hydrogens (tertiary/aromatic N) is 1. The molecule has 0 aromatic heterocycles. The van der Waals surface area contributed by atoms with Gasteiger partial charge in [0, 0.05) is 25.2 Å². The number of unbranched alkanes of at least 4 members (excludes halogenated alkanes) is 13. The zero-order valence-electron chi connectivity index (χ0n) is 25.4. The second-order valence-electron chi connectivity index (χ2n) is 11.4. The van der Waals surface area contributed by atoms with Crippen molar-refractivity contribution in [1.29, 1.82) is 0 Å². The summed E-state index contributed by atoms with van der Waals surface area (Å²) in [5.41, 5.74) is 1.30. The zero-order chi connectivity index (χ0) is 26.9. The van der Waals surface area contributed by atoms with Gasteiger partial charge in [0.05, 0.1) is 6.61 Å². The predicted molar refractivity (Wildman–Crippen MR) is 159 cm³/mol. The normalized spacial score (nSPS) is 12.9. The largest absolute Gasteiger partial charge is 0.465 e. The Hall–Kier alpha value is -0.990. The Morgan fingerprint density at radius 2 is 1.14 bits per heavy atom. The average Bonchev–Trinajstić information content (AvgIpc) is 2.88. The van der Waals surface area contributed by atoms with Crippen molar-refractivity contribution >= 4 is 5.97 Å². The van der Waals surface area contributed by atoms with E-state index in [4.69, 9.17) is 4.74 Å². The number of rotatable bonds is 27. The molecule has 0 aromatic rings. The van der Waals surface area contributed by atoms with Gasteiger partial charge in [0.15, 0.2) is 0 Å². The maximum Gasteiger partial charge on any atom is 0.305 e. The maximum atomic E-state index is 12.2. The number of allylic oxidation sites excluding steroid dienone is 1. The molecule has 0 saturated carbocycles. The van der Waals surface area contributed by atoms with E-state index in [1.165, 1.54) is 121 Å². The number of carbonyl (C=O) groups is 1. The van der Waals surface area contributed by atoms with Gasteiger partial charge < -0.3 is 9.64 Å². The smallest absolute Gasteiger partial charge is 0.305 e. The summed E-state index contributed by atoms with van der Waals surface area (Å²) in [4.78, 5) is 14.6. The summed E-state index contributed by atoms with van der Waals surface area (Å²) >= 11 is 0. The Balaban J connectivity index is 3.78. The van der Waals surface area contributed by atoms with Gasteiger partial charge in [-0.1, -0.05) is 124 Å². The minimum Gasteiger partial charge on any atom is -0.465 e. The minimum absolute atomic E-state index is 0.0208. The molecule has 0 aliphatic carbocycles. The lowest BCUT2D eigenvalue weighted by Gasteiger charge is -2.29. The van der Waals surface area contributed by atoms with Gasteiger partial charge in [0.25, 0.3) is 0 Å². The van der Waals surface area contributed by atoms with E-state index in [0.717, 1.165) is 19.3 Å². The van der Waals surface area contributed by atoms with E-state index in [1.807, 2.05) is 0 Å². The molecule has 3 heteroatoms. The summed E-state index contributed by atoms with van der Waals surface area (Å²) in [6, 6.07) is 0.579. The Kier molecular flexibility index (Phi) is 24.9. The third-order valence-electron chi connectivity index (χ3n) is 7.89. The van der Waals surface area contributed by atoms with Crippen LogP contribution in [-0.4, -0.2) is 30.6 Å². The molecule has 0 amide bonds. The molecule has 2 unspecified atom stereocenters. The van der Waals surface area contributed by atoms with Crippen LogP contribution in [0.15, 0.2) is 12.3 Å². The molecule has 0 saturated heterocycles. The highest BCUT2D eigenvalue weighted by molar-refractivity contribution is 5.69. The molecule has 0 rings (SSSR count). The van der Waals surface area contributed by atoms with Crippen molar-refractivity contribution < 1.29 is 9.53 Å². The monoisotopic (exact) mass is 508 g/mol. The van der Waals surface area contributed by atoms with Crippen molar-refractivity contribution in [2.75, 3.05) is 13.7 Å². The lowest BCUT2D eigenvalue weighted by molar-refractivity contribution is -0.145. The van der Waals surface area contributed by atoms with Crippen molar-refractivity contribution in [2.45, 2.75) is 175 Å². The second kappa shape index (κ2) is 25.7. The van der Waals surface area contributed by atoms with Gasteiger partial charge in [-0.3, -0.25) is 4.79 Å². The van der Waals surface area contributed by atoms with Gasteiger partial charge in [-0.25, -0.2) is 0 Å². The molecule has 0 aromatic carbocycles. The van der Waals surface area contributed by atoms with E-state index in [9.17, 15) is 4.79 Å². The summed E-state index contributed by atoms with van der Waals surface area (Å²) in [5, 5.41) is 0. The summed E-state index contributed by atoms with van der Waals surface area (Å²) in [6.07, 6.45) is 27.0. The Morgan fingerprint density at radius 1 is 0.667 bits per heavy atom. The Labute approximate surface area is 227 Å². The van der Waals surface area contributed by atoms with E-state index < -0.39 is 0 Å². The van der Waals surface area contributed by atoms with Crippen LogP contribution in [0.4, 0.5) is 0 Å². The van der Waals surface area contributed by atoms with Crippen molar-refractivity contribution in [1.82, 2.24) is 4.90 Å². The van der Waals surface area contributed by atoms with Crippen molar-refractivity contribution in [2.24, 2.45) is 5.92 Å². The highest BCUT2D eigenvalue weighted by Gasteiger charge is 2.12. The van der Waals surface area contributed by atoms with Gasteiger partial charge >= 0.3 is 5.97 Å². The molecule has 0 spiro atoms. The van der Waals surface area contributed by atoms with Gasteiger partial charge in [0.1, 0.15) is 0 Å². The molecule has 3 nitrogen and oxygen atoms in total. The highest BCUT2D eigenvalue weighted by atomic mass is 16.5. The van der Waals surface area contributed by atoms with Crippen LogP contribution in [0.25, 0.3) is 0 Å².